The van der Waals surface area contributed by atoms with Gasteiger partial charge in [0.15, 0.2) is 0 Å². The summed E-state index contributed by atoms with van der Waals surface area (Å²) in [7, 11) is 0. The van der Waals surface area contributed by atoms with Gasteiger partial charge >= 0.3 is 0 Å². The van der Waals surface area contributed by atoms with E-state index in [0.29, 0.717) is 11.4 Å². The molecule has 0 heterocycles. The van der Waals surface area contributed by atoms with Crippen LogP contribution in [0.5, 0.6) is 0 Å². The molecule has 3 nitrogen and oxygen atoms in total. The van der Waals surface area contributed by atoms with E-state index >= 15 is 0 Å². The number of rotatable bonds is 6. The van der Waals surface area contributed by atoms with Gasteiger partial charge in [0.05, 0.1) is 17.1 Å². The van der Waals surface area contributed by atoms with Crippen molar-refractivity contribution in [3.8, 4) is 0 Å². The first-order chi connectivity index (χ1) is 10.7. The van der Waals surface area contributed by atoms with Gasteiger partial charge in [-0.15, -0.1) is 0 Å². The van der Waals surface area contributed by atoms with E-state index < -0.39 is 0 Å². The van der Waals surface area contributed by atoms with Crippen molar-refractivity contribution in [2.45, 2.75) is 0 Å². The lowest BCUT2D eigenvalue weighted by atomic mass is 10.1. The average Bonchev–Trinajstić information content (AvgIpc) is 2.59. The lowest BCUT2D eigenvalue weighted by molar-refractivity contribution is 1.45. The molecule has 0 spiro atoms. The first-order valence-electron chi connectivity index (χ1n) is 6.71. The van der Waals surface area contributed by atoms with Gasteiger partial charge in [-0.25, -0.2) is 0 Å². The van der Waals surface area contributed by atoms with Crippen molar-refractivity contribution in [2.75, 3.05) is 0 Å². The van der Waals surface area contributed by atoms with E-state index in [2.05, 4.69) is 41.6 Å². The quantitative estimate of drug-likeness (QED) is 0.639. The molecule has 0 aromatic heterocycles. The summed E-state index contributed by atoms with van der Waals surface area (Å²) in [5.74, 6) is 0. The monoisotopic (exact) mass is 287 g/mol. The van der Waals surface area contributed by atoms with Crippen LogP contribution in [0.4, 0.5) is 17.1 Å². The van der Waals surface area contributed by atoms with Crippen molar-refractivity contribution < 1.29 is 0 Å². The topological polar surface area (TPSA) is 37.1 Å². The van der Waals surface area contributed by atoms with E-state index in [1.165, 1.54) is 0 Å². The highest BCUT2D eigenvalue weighted by Gasteiger charge is 1.99. The Morgan fingerprint density at radius 3 is 1.55 bits per heavy atom. The normalized spacial score (nSPS) is 10.4. The summed E-state index contributed by atoms with van der Waals surface area (Å²) in [6.07, 6.45) is 5.38. The fourth-order valence-corrected chi connectivity index (χ4v) is 2.00. The summed E-state index contributed by atoms with van der Waals surface area (Å²) in [6, 6.07) is 11.5. The number of hydrogen-bond donors (Lipinski definition) is 0. The van der Waals surface area contributed by atoms with Crippen molar-refractivity contribution in [3.63, 3.8) is 0 Å². The number of hydrogen-bond acceptors (Lipinski definition) is 3. The van der Waals surface area contributed by atoms with Crippen LogP contribution in [0, 0.1) is 0 Å². The lowest BCUT2D eigenvalue weighted by Crippen LogP contribution is -1.85. The second-order valence-electron chi connectivity index (χ2n) is 4.62. The molecule has 0 fully saturated rings. The van der Waals surface area contributed by atoms with E-state index in [4.69, 9.17) is 0 Å². The highest BCUT2D eigenvalue weighted by atomic mass is 14.8. The molecule has 2 aromatic rings. The molecule has 2 rings (SSSR count). The molecule has 0 radical (unpaired) electrons. The third-order valence-electron chi connectivity index (χ3n) is 3.09. The Morgan fingerprint density at radius 1 is 0.636 bits per heavy atom. The minimum absolute atomic E-state index is 0.712. The molecule has 3 heteroatoms. The van der Waals surface area contributed by atoms with Crippen molar-refractivity contribution >= 4 is 48.9 Å². The Morgan fingerprint density at radius 2 is 1.09 bits per heavy atom. The molecular weight excluding hydrogens is 270 g/mol. The Balaban J connectivity index is 2.39. The second-order valence-corrected chi connectivity index (χ2v) is 4.62. The molecule has 0 aliphatic rings. The van der Waals surface area contributed by atoms with E-state index in [0.717, 1.165) is 22.4 Å². The number of nitrogens with zero attached hydrogens (tertiary/aromatic N) is 3. The van der Waals surface area contributed by atoms with Crippen molar-refractivity contribution in [3.05, 3.63) is 66.2 Å². The van der Waals surface area contributed by atoms with E-state index in [9.17, 15) is 0 Å². The van der Waals surface area contributed by atoms with Crippen LogP contribution in [-0.4, -0.2) is 19.6 Å². The smallest absolute Gasteiger partial charge is 0.0672 e. The van der Waals surface area contributed by atoms with E-state index in [-0.39, 0.29) is 0 Å². The van der Waals surface area contributed by atoms with Crippen molar-refractivity contribution in [1.82, 2.24) is 0 Å². The predicted octanol–water partition coefficient (Wildman–Crippen LogP) is 5.39. The van der Waals surface area contributed by atoms with Crippen LogP contribution < -0.4 is 0 Å². The number of benzene rings is 2. The summed E-state index contributed by atoms with van der Waals surface area (Å²) in [5.41, 5.74) is 5.18. The van der Waals surface area contributed by atoms with Gasteiger partial charge in [0, 0.05) is 6.21 Å². The predicted molar refractivity (Wildman–Crippen MR) is 98.7 cm³/mol. The zero-order valence-corrected chi connectivity index (χ0v) is 12.4. The van der Waals surface area contributed by atoms with Gasteiger partial charge in [0.2, 0.25) is 0 Å². The fourth-order valence-electron chi connectivity index (χ4n) is 2.00. The molecule has 0 N–H and O–H groups in total. The van der Waals surface area contributed by atoms with Crippen LogP contribution in [0.15, 0.2) is 64.5 Å². The third-order valence-corrected chi connectivity index (χ3v) is 3.09. The minimum Gasteiger partial charge on any atom is -0.265 e. The van der Waals surface area contributed by atoms with Gasteiger partial charge in [-0.05, 0) is 66.5 Å². The van der Waals surface area contributed by atoms with Gasteiger partial charge in [-0.3, -0.25) is 15.0 Å². The van der Waals surface area contributed by atoms with Gasteiger partial charge in [0.25, 0.3) is 0 Å². The van der Waals surface area contributed by atoms with Crippen molar-refractivity contribution in [1.29, 1.82) is 0 Å². The Hall–Kier alpha value is -3.07. The molecular formula is C19H17N3. The highest BCUT2D eigenvalue weighted by molar-refractivity contribution is 5.85. The van der Waals surface area contributed by atoms with E-state index in [1.54, 1.807) is 24.4 Å². The molecule has 0 amide bonds. The fraction of sp³-hybridized carbons (Fsp3) is 0. The van der Waals surface area contributed by atoms with Gasteiger partial charge in [0.1, 0.15) is 0 Å². The third kappa shape index (κ3) is 3.73. The minimum atomic E-state index is 0.712. The average molecular weight is 287 g/mol. The standard InChI is InChI=1S/C19H17N3/c1-5-14-7-15(6-2)9-16(8-14)13-22-19-11-17(20-3)10-18(12-19)21-4/h5-13H,1-4H2. The highest BCUT2D eigenvalue weighted by Crippen LogP contribution is 2.28. The van der Waals surface area contributed by atoms with Gasteiger partial charge in [-0.1, -0.05) is 25.3 Å². The van der Waals surface area contributed by atoms with Crippen LogP contribution in [-0.2, 0) is 0 Å². The Bertz CT molecular complexity index is 652. The molecule has 0 saturated heterocycles. The Labute approximate surface area is 130 Å². The van der Waals surface area contributed by atoms with Gasteiger partial charge in [-0.2, -0.15) is 0 Å². The van der Waals surface area contributed by atoms with Crippen LogP contribution in [0.3, 0.4) is 0 Å². The molecule has 2 aromatic carbocycles. The maximum absolute atomic E-state index is 4.48. The lowest BCUT2D eigenvalue weighted by Gasteiger charge is -2.02. The largest absolute Gasteiger partial charge is 0.265 e. The van der Waals surface area contributed by atoms with Crippen LogP contribution in [0.25, 0.3) is 12.2 Å². The summed E-state index contributed by atoms with van der Waals surface area (Å²) < 4.78 is 0. The maximum Gasteiger partial charge on any atom is 0.0672 e. The summed E-state index contributed by atoms with van der Waals surface area (Å²) >= 11 is 0. The molecule has 0 aliphatic heterocycles. The van der Waals surface area contributed by atoms with E-state index in [1.807, 2.05) is 30.3 Å². The van der Waals surface area contributed by atoms with Crippen LogP contribution in [0.1, 0.15) is 16.7 Å². The Kier molecular flexibility index (Phi) is 4.94. The molecule has 108 valence electrons. The summed E-state index contributed by atoms with van der Waals surface area (Å²) in [5, 5.41) is 0. The second kappa shape index (κ2) is 7.09. The number of aliphatic imine (C=N–C) groups is 3. The molecule has 0 bridgehead atoms. The molecule has 22 heavy (non-hydrogen) atoms. The first-order valence-corrected chi connectivity index (χ1v) is 6.71. The zero-order chi connectivity index (χ0) is 15.9. The molecule has 0 atom stereocenters. The molecule has 0 saturated carbocycles. The van der Waals surface area contributed by atoms with Crippen LogP contribution in [0.2, 0.25) is 0 Å². The molecule has 0 unspecified atom stereocenters. The maximum atomic E-state index is 4.48. The van der Waals surface area contributed by atoms with Gasteiger partial charge < -0.3 is 0 Å². The first kappa shape index (κ1) is 15.3. The zero-order valence-electron chi connectivity index (χ0n) is 12.4. The van der Waals surface area contributed by atoms with Crippen molar-refractivity contribution in [2.24, 2.45) is 15.0 Å². The SMILES string of the molecule is C=Cc1cc(C=C)cc(C=Nc2cc(N=C)cc(N=C)c2)c1. The summed E-state index contributed by atoms with van der Waals surface area (Å²) in [6.45, 7) is 14.6. The molecule has 0 aliphatic carbocycles. The summed E-state index contributed by atoms with van der Waals surface area (Å²) in [4.78, 5) is 12.3. The van der Waals surface area contributed by atoms with Crippen LogP contribution >= 0.6 is 0 Å².